The smallest absolute Gasteiger partial charge is 0.294 e. The molecule has 0 saturated heterocycles. The Labute approximate surface area is 95.5 Å². The molecule has 2 rings (SSSR count). The van der Waals surface area contributed by atoms with Gasteiger partial charge in [-0.15, -0.1) is 0 Å². The Morgan fingerprint density at radius 1 is 1.31 bits per heavy atom. The maximum atomic E-state index is 5.59. The van der Waals surface area contributed by atoms with Crippen LogP contribution in [-0.4, -0.2) is 12.0 Å². The van der Waals surface area contributed by atoms with E-state index in [0.29, 0.717) is 6.01 Å². The molecule has 0 saturated carbocycles. The van der Waals surface area contributed by atoms with E-state index in [9.17, 15) is 0 Å². The van der Waals surface area contributed by atoms with Gasteiger partial charge in [-0.2, -0.15) is 4.98 Å². The number of anilines is 1. The molecule has 1 N–H and O–H groups in total. The van der Waals surface area contributed by atoms with Gasteiger partial charge in [-0.3, -0.25) is 0 Å². The highest BCUT2D eigenvalue weighted by molar-refractivity contribution is 5.30. The fourth-order valence-electron chi connectivity index (χ4n) is 1.71. The SMILES string of the molecule is CNc1nc(C)c(Cc2cccc(C)c2)o1. The molecule has 1 aromatic heterocycles. The van der Waals surface area contributed by atoms with Gasteiger partial charge in [-0.25, -0.2) is 0 Å². The first kappa shape index (κ1) is 10.7. The van der Waals surface area contributed by atoms with Crippen molar-refractivity contribution in [3.8, 4) is 0 Å². The lowest BCUT2D eigenvalue weighted by atomic mass is 10.1. The molecule has 84 valence electrons. The minimum absolute atomic E-state index is 0.583. The first-order valence-electron chi connectivity index (χ1n) is 5.38. The van der Waals surface area contributed by atoms with Crippen LogP contribution in [0.2, 0.25) is 0 Å². The molecule has 0 amide bonds. The standard InChI is InChI=1S/C13H16N2O/c1-9-5-4-6-11(7-9)8-12-10(2)15-13(14-3)16-12/h4-7H,8H2,1-3H3,(H,14,15). The summed E-state index contributed by atoms with van der Waals surface area (Å²) in [5.74, 6) is 0.926. The van der Waals surface area contributed by atoms with Crippen molar-refractivity contribution in [2.24, 2.45) is 0 Å². The van der Waals surface area contributed by atoms with E-state index in [0.717, 1.165) is 17.9 Å². The summed E-state index contributed by atoms with van der Waals surface area (Å²) in [7, 11) is 1.81. The van der Waals surface area contributed by atoms with Crippen LogP contribution in [-0.2, 0) is 6.42 Å². The number of nitrogens with zero attached hydrogens (tertiary/aromatic N) is 1. The van der Waals surface area contributed by atoms with E-state index in [4.69, 9.17) is 4.42 Å². The van der Waals surface area contributed by atoms with Gasteiger partial charge >= 0.3 is 0 Å². The van der Waals surface area contributed by atoms with Crippen molar-refractivity contribution in [3.05, 3.63) is 46.8 Å². The lowest BCUT2D eigenvalue weighted by Gasteiger charge is -2.00. The Hall–Kier alpha value is -1.77. The molecule has 0 fully saturated rings. The van der Waals surface area contributed by atoms with Gasteiger partial charge in [-0.05, 0) is 19.4 Å². The van der Waals surface area contributed by atoms with Gasteiger partial charge in [0.1, 0.15) is 5.76 Å². The highest BCUT2D eigenvalue weighted by Gasteiger charge is 2.08. The van der Waals surface area contributed by atoms with Crippen molar-refractivity contribution >= 4 is 6.01 Å². The Morgan fingerprint density at radius 2 is 2.12 bits per heavy atom. The second-order valence-corrected chi connectivity index (χ2v) is 3.94. The third kappa shape index (κ3) is 2.24. The summed E-state index contributed by atoms with van der Waals surface area (Å²) in [5.41, 5.74) is 3.47. The van der Waals surface area contributed by atoms with Gasteiger partial charge in [-0.1, -0.05) is 29.8 Å². The first-order chi connectivity index (χ1) is 7.69. The minimum atomic E-state index is 0.583. The Morgan fingerprint density at radius 3 is 2.75 bits per heavy atom. The normalized spacial score (nSPS) is 10.4. The third-order valence-corrected chi connectivity index (χ3v) is 2.55. The number of hydrogen-bond donors (Lipinski definition) is 1. The molecule has 1 heterocycles. The van der Waals surface area contributed by atoms with Gasteiger partial charge in [0.2, 0.25) is 0 Å². The van der Waals surface area contributed by atoms with Crippen molar-refractivity contribution in [3.63, 3.8) is 0 Å². The van der Waals surface area contributed by atoms with E-state index in [1.54, 1.807) is 0 Å². The van der Waals surface area contributed by atoms with Crippen LogP contribution in [0.3, 0.4) is 0 Å². The van der Waals surface area contributed by atoms with Crippen LogP contribution in [0.4, 0.5) is 6.01 Å². The maximum Gasteiger partial charge on any atom is 0.294 e. The summed E-state index contributed by atoms with van der Waals surface area (Å²) in [6.45, 7) is 4.06. The molecule has 0 radical (unpaired) electrons. The zero-order valence-corrected chi connectivity index (χ0v) is 9.87. The zero-order chi connectivity index (χ0) is 11.5. The molecule has 1 aromatic carbocycles. The second kappa shape index (κ2) is 4.39. The van der Waals surface area contributed by atoms with Crippen LogP contribution in [0.25, 0.3) is 0 Å². The lowest BCUT2D eigenvalue weighted by Crippen LogP contribution is -1.89. The van der Waals surface area contributed by atoms with Crippen LogP contribution in [0, 0.1) is 13.8 Å². The van der Waals surface area contributed by atoms with Crippen LogP contribution < -0.4 is 5.32 Å². The van der Waals surface area contributed by atoms with E-state index >= 15 is 0 Å². The molecule has 0 unspecified atom stereocenters. The number of oxazole rings is 1. The third-order valence-electron chi connectivity index (χ3n) is 2.55. The summed E-state index contributed by atoms with van der Waals surface area (Å²) in [5, 5.41) is 2.91. The second-order valence-electron chi connectivity index (χ2n) is 3.94. The quantitative estimate of drug-likeness (QED) is 0.857. The summed E-state index contributed by atoms with van der Waals surface area (Å²) in [4.78, 5) is 4.27. The summed E-state index contributed by atoms with van der Waals surface area (Å²) in [6, 6.07) is 9.01. The number of aromatic nitrogens is 1. The van der Waals surface area contributed by atoms with Crippen LogP contribution >= 0.6 is 0 Å². The summed E-state index contributed by atoms with van der Waals surface area (Å²) in [6.07, 6.45) is 0.794. The van der Waals surface area contributed by atoms with Crippen LogP contribution in [0.1, 0.15) is 22.6 Å². The Balaban J connectivity index is 2.23. The zero-order valence-electron chi connectivity index (χ0n) is 9.87. The predicted molar refractivity (Wildman–Crippen MR) is 64.8 cm³/mol. The molecule has 0 bridgehead atoms. The predicted octanol–water partition coefficient (Wildman–Crippen LogP) is 2.92. The van der Waals surface area contributed by atoms with Gasteiger partial charge in [0, 0.05) is 13.5 Å². The molecule has 0 aliphatic rings. The summed E-state index contributed by atoms with van der Waals surface area (Å²) < 4.78 is 5.59. The molecule has 2 aromatic rings. The van der Waals surface area contributed by atoms with E-state index in [-0.39, 0.29) is 0 Å². The largest absolute Gasteiger partial charge is 0.428 e. The van der Waals surface area contributed by atoms with Gasteiger partial charge in [0.05, 0.1) is 5.69 Å². The molecule has 0 spiro atoms. The minimum Gasteiger partial charge on any atom is -0.428 e. The monoisotopic (exact) mass is 216 g/mol. The van der Waals surface area contributed by atoms with Crippen molar-refractivity contribution in [1.29, 1.82) is 0 Å². The fraction of sp³-hybridized carbons (Fsp3) is 0.308. The number of rotatable bonds is 3. The van der Waals surface area contributed by atoms with Gasteiger partial charge in [0.25, 0.3) is 6.01 Å². The van der Waals surface area contributed by atoms with Crippen molar-refractivity contribution in [1.82, 2.24) is 4.98 Å². The number of aryl methyl sites for hydroxylation is 2. The molecule has 3 heteroatoms. The number of hydrogen-bond acceptors (Lipinski definition) is 3. The van der Waals surface area contributed by atoms with E-state index < -0.39 is 0 Å². The van der Waals surface area contributed by atoms with E-state index in [1.807, 2.05) is 14.0 Å². The average molecular weight is 216 g/mol. The van der Waals surface area contributed by atoms with E-state index in [1.165, 1.54) is 11.1 Å². The van der Waals surface area contributed by atoms with Gasteiger partial charge < -0.3 is 9.73 Å². The number of benzene rings is 1. The molecule has 0 atom stereocenters. The van der Waals surface area contributed by atoms with Crippen molar-refractivity contribution in [2.45, 2.75) is 20.3 Å². The fourth-order valence-corrected chi connectivity index (χ4v) is 1.71. The van der Waals surface area contributed by atoms with Crippen molar-refractivity contribution < 1.29 is 4.42 Å². The lowest BCUT2D eigenvalue weighted by molar-refractivity contribution is 0.528. The van der Waals surface area contributed by atoms with Crippen LogP contribution in [0.15, 0.2) is 28.7 Å². The van der Waals surface area contributed by atoms with Crippen LogP contribution in [0.5, 0.6) is 0 Å². The first-order valence-corrected chi connectivity index (χ1v) is 5.38. The highest BCUT2D eigenvalue weighted by Crippen LogP contribution is 2.18. The average Bonchev–Trinajstić information content (AvgIpc) is 2.60. The molecule has 16 heavy (non-hydrogen) atoms. The maximum absolute atomic E-state index is 5.59. The number of nitrogens with one attached hydrogen (secondary N) is 1. The Kier molecular flexibility index (Phi) is 2.95. The molecular weight excluding hydrogens is 200 g/mol. The summed E-state index contributed by atoms with van der Waals surface area (Å²) >= 11 is 0. The molecule has 3 nitrogen and oxygen atoms in total. The molecular formula is C13H16N2O. The Bertz CT molecular complexity index is 488. The topological polar surface area (TPSA) is 38.1 Å². The van der Waals surface area contributed by atoms with Crippen molar-refractivity contribution in [2.75, 3.05) is 12.4 Å². The molecule has 0 aliphatic carbocycles. The van der Waals surface area contributed by atoms with Gasteiger partial charge in [0.15, 0.2) is 0 Å². The highest BCUT2D eigenvalue weighted by atomic mass is 16.4. The molecule has 0 aliphatic heterocycles. The van der Waals surface area contributed by atoms with E-state index in [2.05, 4.69) is 41.5 Å².